The summed E-state index contributed by atoms with van der Waals surface area (Å²) in [7, 11) is 0. The molecule has 37 heavy (non-hydrogen) atoms. The van der Waals surface area contributed by atoms with Crippen LogP contribution < -0.4 is 9.47 Å². The van der Waals surface area contributed by atoms with Crippen molar-refractivity contribution in [3.63, 3.8) is 0 Å². The maximum atomic E-state index is 15.2. The van der Waals surface area contributed by atoms with Crippen LogP contribution in [-0.4, -0.2) is 34.7 Å². The second-order valence-electron chi connectivity index (χ2n) is 10.2. The zero-order valence-electron chi connectivity index (χ0n) is 21.8. The number of alkyl halides is 2. The van der Waals surface area contributed by atoms with Gasteiger partial charge in [0, 0.05) is 5.92 Å². The molecule has 1 aliphatic rings. The average molecular weight is 533 g/mol. The number of rotatable bonds is 13. The number of esters is 1. The molecule has 2 aromatic carbocycles. The van der Waals surface area contributed by atoms with Crippen molar-refractivity contribution in [3.05, 3.63) is 59.7 Å². The molecule has 1 aliphatic carbocycles. The second-order valence-corrected chi connectivity index (χ2v) is 10.9. The number of carbonyl (C=O) groups is 2. The third-order valence-corrected chi connectivity index (χ3v) is 7.41. The number of hydrogen-bond donors (Lipinski definition) is 1. The standard InChI is InChI=1S/C30H38ClFO5/c1-3-4-19-30(32,29(34)35)25-13-7-22(8-14-25)5-6-23-9-15-27(16-10-23)37-28(33)24-11-17-26(18-12-24)36-20-21(2)31/h9-12,15-18,21-22,25H,3-8,13-14,19-20H2,1-2H3,(H,34,35)/t21-,22?,25?,30?/m0/s1. The van der Waals surface area contributed by atoms with Crippen LogP contribution in [0.25, 0.3) is 0 Å². The van der Waals surface area contributed by atoms with Gasteiger partial charge in [-0.3, -0.25) is 0 Å². The molecule has 202 valence electrons. The van der Waals surface area contributed by atoms with E-state index in [0.717, 1.165) is 37.7 Å². The number of aliphatic carboxylic acids is 1. The molecule has 0 saturated heterocycles. The van der Waals surface area contributed by atoms with Crippen LogP contribution >= 0.6 is 11.6 Å². The van der Waals surface area contributed by atoms with Crippen molar-refractivity contribution in [3.8, 4) is 11.5 Å². The summed E-state index contributed by atoms with van der Waals surface area (Å²) < 4.78 is 26.2. The number of hydrogen-bond acceptors (Lipinski definition) is 4. The molecule has 1 N–H and O–H groups in total. The summed E-state index contributed by atoms with van der Waals surface area (Å²) in [6, 6.07) is 14.3. The van der Waals surface area contributed by atoms with E-state index in [4.69, 9.17) is 21.1 Å². The van der Waals surface area contributed by atoms with E-state index in [2.05, 4.69) is 0 Å². The van der Waals surface area contributed by atoms with E-state index in [0.29, 0.717) is 48.8 Å². The first-order chi connectivity index (χ1) is 17.7. The first-order valence-electron chi connectivity index (χ1n) is 13.3. The highest BCUT2D eigenvalue weighted by molar-refractivity contribution is 6.20. The topological polar surface area (TPSA) is 72.8 Å². The molecule has 0 aliphatic heterocycles. The number of aryl methyl sites for hydroxylation is 1. The first kappa shape index (κ1) is 29.0. The van der Waals surface area contributed by atoms with Gasteiger partial charge in [0.05, 0.1) is 10.9 Å². The number of benzene rings is 2. The molecular formula is C30H38ClFO5. The summed E-state index contributed by atoms with van der Waals surface area (Å²) in [5.41, 5.74) is -0.515. The van der Waals surface area contributed by atoms with Gasteiger partial charge in [-0.2, -0.15) is 0 Å². The van der Waals surface area contributed by atoms with E-state index in [1.54, 1.807) is 36.4 Å². The Bertz CT molecular complexity index is 1000. The van der Waals surface area contributed by atoms with Gasteiger partial charge in [0.1, 0.15) is 18.1 Å². The van der Waals surface area contributed by atoms with Crippen molar-refractivity contribution in [2.45, 2.75) is 82.7 Å². The molecule has 1 unspecified atom stereocenters. The third-order valence-electron chi connectivity index (χ3n) is 7.29. The highest BCUT2D eigenvalue weighted by atomic mass is 35.5. The lowest BCUT2D eigenvalue weighted by Crippen LogP contribution is -2.43. The third kappa shape index (κ3) is 8.46. The molecule has 3 rings (SSSR count). The van der Waals surface area contributed by atoms with Gasteiger partial charge in [0.25, 0.3) is 0 Å². The maximum Gasteiger partial charge on any atom is 0.343 e. The van der Waals surface area contributed by atoms with Crippen molar-refractivity contribution in [2.24, 2.45) is 11.8 Å². The Hall–Kier alpha value is -2.60. The number of ether oxygens (including phenoxy) is 2. The average Bonchev–Trinajstić information content (AvgIpc) is 2.90. The Labute approximate surface area is 224 Å². The van der Waals surface area contributed by atoms with Crippen LogP contribution in [0.15, 0.2) is 48.5 Å². The Morgan fingerprint density at radius 3 is 2.24 bits per heavy atom. The highest BCUT2D eigenvalue weighted by Crippen LogP contribution is 2.42. The Morgan fingerprint density at radius 2 is 1.68 bits per heavy atom. The predicted molar refractivity (Wildman–Crippen MR) is 143 cm³/mol. The molecule has 0 aromatic heterocycles. The Balaban J connectivity index is 1.44. The molecule has 0 spiro atoms. The molecule has 2 atom stereocenters. The molecular weight excluding hydrogens is 495 g/mol. The largest absolute Gasteiger partial charge is 0.492 e. The van der Waals surface area contributed by atoms with Crippen LogP contribution in [0, 0.1) is 11.8 Å². The number of halogens is 2. The lowest BCUT2D eigenvalue weighted by molar-refractivity contribution is -0.157. The van der Waals surface area contributed by atoms with E-state index >= 15 is 4.39 Å². The molecule has 0 radical (unpaired) electrons. The van der Waals surface area contributed by atoms with Crippen LogP contribution in [0.3, 0.4) is 0 Å². The summed E-state index contributed by atoms with van der Waals surface area (Å²) >= 11 is 5.88. The molecule has 1 fully saturated rings. The molecule has 2 aromatic rings. The highest BCUT2D eigenvalue weighted by Gasteiger charge is 2.46. The van der Waals surface area contributed by atoms with Crippen LogP contribution in [0.1, 0.15) is 81.1 Å². The summed E-state index contributed by atoms with van der Waals surface area (Å²) in [5, 5.41) is 9.40. The summed E-state index contributed by atoms with van der Waals surface area (Å²) in [6.07, 6.45) is 6.34. The lowest BCUT2D eigenvalue weighted by atomic mass is 9.71. The molecule has 0 bridgehead atoms. The number of carboxylic acid groups (broad SMARTS) is 1. The minimum atomic E-state index is -2.09. The van der Waals surface area contributed by atoms with E-state index in [1.807, 2.05) is 26.0 Å². The van der Waals surface area contributed by atoms with Gasteiger partial charge < -0.3 is 14.6 Å². The molecule has 0 heterocycles. The zero-order chi connectivity index (χ0) is 26.8. The monoisotopic (exact) mass is 532 g/mol. The van der Waals surface area contributed by atoms with Gasteiger partial charge in [-0.15, -0.1) is 11.6 Å². The van der Waals surface area contributed by atoms with Crippen molar-refractivity contribution >= 4 is 23.5 Å². The van der Waals surface area contributed by atoms with E-state index < -0.39 is 17.6 Å². The van der Waals surface area contributed by atoms with Gasteiger partial charge in [-0.05, 0) is 93.3 Å². The van der Waals surface area contributed by atoms with Crippen LogP contribution in [-0.2, 0) is 11.2 Å². The van der Waals surface area contributed by atoms with Gasteiger partial charge in [-0.25, -0.2) is 14.0 Å². The Morgan fingerprint density at radius 1 is 1.05 bits per heavy atom. The van der Waals surface area contributed by atoms with Crippen molar-refractivity contribution < 1.29 is 28.6 Å². The van der Waals surface area contributed by atoms with Crippen LogP contribution in [0.5, 0.6) is 11.5 Å². The maximum absolute atomic E-state index is 15.2. The van der Waals surface area contributed by atoms with Crippen molar-refractivity contribution in [1.29, 1.82) is 0 Å². The van der Waals surface area contributed by atoms with E-state index in [1.165, 1.54) is 0 Å². The molecule has 1 saturated carbocycles. The predicted octanol–water partition coefficient (Wildman–Crippen LogP) is 7.63. The first-order valence-corrected chi connectivity index (χ1v) is 13.7. The lowest BCUT2D eigenvalue weighted by Gasteiger charge is -2.36. The number of unbranched alkanes of at least 4 members (excludes halogenated alkanes) is 1. The molecule has 5 nitrogen and oxygen atoms in total. The van der Waals surface area contributed by atoms with Gasteiger partial charge in [0.15, 0.2) is 0 Å². The second kappa shape index (κ2) is 13.8. The number of carbonyl (C=O) groups excluding carboxylic acids is 1. The van der Waals surface area contributed by atoms with Crippen LogP contribution in [0.4, 0.5) is 4.39 Å². The Kier molecular flexibility index (Phi) is 10.8. The van der Waals surface area contributed by atoms with Gasteiger partial charge >= 0.3 is 11.9 Å². The minimum absolute atomic E-state index is 0.0987. The minimum Gasteiger partial charge on any atom is -0.492 e. The summed E-state index contributed by atoms with van der Waals surface area (Å²) in [6.45, 7) is 4.19. The SMILES string of the molecule is CCCCC(F)(C(=O)O)C1CCC(CCc2ccc(OC(=O)c3ccc(OC[C@H](C)Cl)cc3)cc2)CC1. The zero-order valence-corrected chi connectivity index (χ0v) is 22.5. The van der Waals surface area contributed by atoms with Crippen molar-refractivity contribution in [1.82, 2.24) is 0 Å². The fraction of sp³-hybridized carbons (Fsp3) is 0.533. The summed E-state index contributed by atoms with van der Waals surface area (Å²) in [5.74, 6) is -0.536. The molecule has 0 amide bonds. The van der Waals surface area contributed by atoms with Crippen molar-refractivity contribution in [2.75, 3.05) is 6.61 Å². The van der Waals surface area contributed by atoms with Gasteiger partial charge in [-0.1, -0.05) is 38.3 Å². The van der Waals surface area contributed by atoms with E-state index in [9.17, 15) is 14.7 Å². The summed E-state index contributed by atoms with van der Waals surface area (Å²) in [4.78, 5) is 24.1. The van der Waals surface area contributed by atoms with Gasteiger partial charge in [0.2, 0.25) is 5.67 Å². The fourth-order valence-corrected chi connectivity index (χ4v) is 5.05. The van der Waals surface area contributed by atoms with E-state index in [-0.39, 0.29) is 17.7 Å². The fourth-order valence-electron chi connectivity index (χ4n) is 4.99. The molecule has 7 heteroatoms. The number of carboxylic acids is 1. The van der Waals surface area contributed by atoms with Crippen LogP contribution in [0.2, 0.25) is 0 Å². The normalized spacial score (nSPS) is 20.0. The smallest absolute Gasteiger partial charge is 0.343 e. The quantitative estimate of drug-likeness (QED) is 0.163.